The van der Waals surface area contributed by atoms with Gasteiger partial charge in [-0.05, 0) is 46.4 Å². The number of rotatable bonds is 19. The number of aliphatic hydroxyl groups is 2. The number of benzene rings is 4. The molecule has 0 fully saturated rings. The Balaban J connectivity index is 1.58. The van der Waals surface area contributed by atoms with Crippen molar-refractivity contribution in [2.75, 3.05) is 6.61 Å². The maximum atomic E-state index is 14.2. The summed E-state index contributed by atoms with van der Waals surface area (Å²) in [5.74, 6) is -2.47. The van der Waals surface area contributed by atoms with Crippen LogP contribution in [0.1, 0.15) is 56.9 Å². The van der Waals surface area contributed by atoms with Crippen molar-refractivity contribution >= 4 is 24.0 Å². The second-order valence-corrected chi connectivity index (χ2v) is 15.9. The van der Waals surface area contributed by atoms with E-state index in [2.05, 4.69) is 21.3 Å². The highest BCUT2D eigenvalue weighted by atomic mass is 16.6. The molecule has 0 saturated carbocycles. The molecule has 1 unspecified atom stereocenters. The summed E-state index contributed by atoms with van der Waals surface area (Å²) >= 11 is 0. The molecule has 0 aliphatic heterocycles. The lowest BCUT2D eigenvalue weighted by Crippen LogP contribution is -2.61. The summed E-state index contributed by atoms with van der Waals surface area (Å²) in [4.78, 5) is 54.2. The number of hydrogen-bond donors (Lipinski definition) is 6. The second-order valence-electron chi connectivity index (χ2n) is 15.9. The highest BCUT2D eigenvalue weighted by molar-refractivity contribution is 5.87. The molecule has 0 heterocycles. The number of hydrogen-bond acceptors (Lipinski definition) is 8. The fourth-order valence-electron chi connectivity index (χ4n) is 6.60. The van der Waals surface area contributed by atoms with Gasteiger partial charge in [-0.25, -0.2) is 9.59 Å². The Hall–Kier alpha value is -5.72. The Kier molecular flexibility index (Phi) is 17.3. The minimum Gasteiger partial charge on any atom is -0.445 e. The number of aliphatic hydroxyl groups excluding tert-OH is 2. The quantitative estimate of drug-likeness (QED) is 0.0701. The largest absolute Gasteiger partial charge is 0.445 e. The first kappa shape index (κ1) is 45.0. The summed E-state index contributed by atoms with van der Waals surface area (Å²) in [5.41, 5.74) is 2.42. The van der Waals surface area contributed by atoms with Crippen molar-refractivity contribution in [3.63, 3.8) is 0 Å². The van der Waals surface area contributed by atoms with E-state index in [9.17, 15) is 29.4 Å². The Morgan fingerprint density at radius 3 is 1.38 bits per heavy atom. The Bertz CT molecular complexity index is 1860. The van der Waals surface area contributed by atoms with E-state index in [1.54, 1.807) is 34.6 Å². The number of carbonyl (C=O) groups is 4. The third-order valence-corrected chi connectivity index (χ3v) is 9.87. The van der Waals surface area contributed by atoms with E-state index in [1.807, 2.05) is 121 Å². The van der Waals surface area contributed by atoms with Crippen LogP contribution >= 0.6 is 0 Å². The molecule has 310 valence electrons. The molecular weight excluding hydrogens is 737 g/mol. The normalized spacial score (nSPS) is 14.5. The van der Waals surface area contributed by atoms with Gasteiger partial charge in [0.1, 0.15) is 25.3 Å². The molecule has 4 aromatic rings. The van der Waals surface area contributed by atoms with E-state index in [0.29, 0.717) is 0 Å². The van der Waals surface area contributed by atoms with Crippen molar-refractivity contribution < 1.29 is 38.9 Å². The number of amides is 4. The van der Waals surface area contributed by atoms with Gasteiger partial charge >= 0.3 is 12.2 Å². The van der Waals surface area contributed by atoms with Crippen LogP contribution in [-0.2, 0) is 45.1 Å². The molecule has 6 atom stereocenters. The molecule has 12 nitrogen and oxygen atoms in total. The Morgan fingerprint density at radius 2 is 0.966 bits per heavy atom. The topological polar surface area (TPSA) is 175 Å². The molecule has 0 saturated heterocycles. The van der Waals surface area contributed by atoms with Crippen LogP contribution in [0, 0.1) is 17.3 Å². The summed E-state index contributed by atoms with van der Waals surface area (Å²) in [7, 11) is 0. The molecule has 4 rings (SSSR count). The van der Waals surface area contributed by atoms with Crippen molar-refractivity contribution in [3.8, 4) is 0 Å². The molecule has 12 heteroatoms. The minimum absolute atomic E-state index is 0.0111. The highest BCUT2D eigenvalue weighted by Gasteiger charge is 2.40. The van der Waals surface area contributed by atoms with Crippen LogP contribution in [0.4, 0.5) is 9.59 Å². The average Bonchev–Trinajstić information content (AvgIpc) is 3.21. The molecular formula is C46H58N4O8. The van der Waals surface area contributed by atoms with Gasteiger partial charge in [-0.3, -0.25) is 9.59 Å². The van der Waals surface area contributed by atoms with Gasteiger partial charge in [0.25, 0.3) is 0 Å². The average molecular weight is 795 g/mol. The molecule has 0 aliphatic carbocycles. The number of nitrogens with one attached hydrogen (secondary N) is 4. The fourth-order valence-corrected chi connectivity index (χ4v) is 6.60. The molecule has 0 aromatic heterocycles. The zero-order valence-corrected chi connectivity index (χ0v) is 34.0. The van der Waals surface area contributed by atoms with Gasteiger partial charge < -0.3 is 41.0 Å². The molecule has 6 N–H and O–H groups in total. The summed E-state index contributed by atoms with van der Waals surface area (Å²) in [6.45, 7) is 8.44. The van der Waals surface area contributed by atoms with Gasteiger partial charge in [-0.2, -0.15) is 0 Å². The van der Waals surface area contributed by atoms with Gasteiger partial charge in [0.2, 0.25) is 11.8 Å². The first-order valence-corrected chi connectivity index (χ1v) is 19.7. The Morgan fingerprint density at radius 1 is 0.569 bits per heavy atom. The molecule has 0 aliphatic rings. The summed E-state index contributed by atoms with van der Waals surface area (Å²) < 4.78 is 10.8. The lowest BCUT2D eigenvalue weighted by atomic mass is 9.82. The standard InChI is InChI=1S/C46H58N4O8/c1-31(2)39(49-44(55)57-29-34-22-14-8-15-23-34)42(53)48-38(27-33-20-12-7-13-21-33)40(52)36(28-51)37(26-32-18-10-6-11-19-32)47-43(54)41(46(3,4)5)50-45(56)58-30-35-24-16-9-17-25-35/h6-25,31,36-41,51-52H,26-30H2,1-5H3,(H,47,54)(H,48,53)(H,49,55)(H,50,56)/t36-,37+,38+,39+,40+,41?/m1/s1. The summed E-state index contributed by atoms with van der Waals surface area (Å²) in [6.07, 6.45) is -2.58. The van der Waals surface area contributed by atoms with Crippen molar-refractivity contribution in [2.45, 2.75) is 90.9 Å². The van der Waals surface area contributed by atoms with Gasteiger partial charge in [0.05, 0.1) is 18.8 Å². The molecule has 4 amide bonds. The van der Waals surface area contributed by atoms with Crippen molar-refractivity contribution in [1.82, 2.24) is 21.3 Å². The predicted molar refractivity (Wildman–Crippen MR) is 222 cm³/mol. The zero-order chi connectivity index (χ0) is 42.1. The first-order chi connectivity index (χ1) is 27.7. The number of alkyl carbamates (subject to hydrolysis) is 2. The van der Waals surface area contributed by atoms with E-state index in [4.69, 9.17) is 9.47 Å². The van der Waals surface area contributed by atoms with Gasteiger partial charge in [-0.1, -0.05) is 156 Å². The lowest BCUT2D eigenvalue weighted by molar-refractivity contribution is -0.129. The number of ether oxygens (including phenoxy) is 2. The van der Waals surface area contributed by atoms with E-state index < -0.39 is 72.2 Å². The minimum atomic E-state index is -1.40. The third-order valence-electron chi connectivity index (χ3n) is 9.87. The zero-order valence-electron chi connectivity index (χ0n) is 34.0. The van der Waals surface area contributed by atoms with E-state index >= 15 is 0 Å². The summed E-state index contributed by atoms with van der Waals surface area (Å²) in [5, 5.41) is 34.6. The second kappa shape index (κ2) is 22.3. The SMILES string of the molecule is CC(C)[C@H](NC(=O)OCc1ccccc1)C(=O)N[C@@H](Cc1ccccc1)[C@@H](O)[C@H](CO)[C@H](Cc1ccccc1)NC(=O)C(NC(=O)OCc1ccccc1)C(C)(C)C. The van der Waals surface area contributed by atoms with Crippen LogP contribution in [0.25, 0.3) is 0 Å². The van der Waals surface area contributed by atoms with E-state index in [-0.39, 0.29) is 32.0 Å². The van der Waals surface area contributed by atoms with Crippen LogP contribution in [0.5, 0.6) is 0 Å². The summed E-state index contributed by atoms with van der Waals surface area (Å²) in [6, 6.07) is 33.0. The van der Waals surface area contributed by atoms with E-state index in [1.165, 1.54) is 0 Å². The molecule has 0 bridgehead atoms. The predicted octanol–water partition coefficient (Wildman–Crippen LogP) is 5.70. The van der Waals surface area contributed by atoms with Crippen LogP contribution in [0.3, 0.4) is 0 Å². The highest BCUT2D eigenvalue weighted by Crippen LogP contribution is 2.24. The molecule has 58 heavy (non-hydrogen) atoms. The fraction of sp³-hybridized carbons (Fsp3) is 0.391. The van der Waals surface area contributed by atoms with Crippen LogP contribution in [-0.4, -0.2) is 71.1 Å². The monoisotopic (exact) mass is 794 g/mol. The maximum absolute atomic E-state index is 14.2. The Labute approximate surface area is 341 Å². The van der Waals surface area contributed by atoms with Crippen LogP contribution in [0.15, 0.2) is 121 Å². The van der Waals surface area contributed by atoms with Crippen molar-refractivity contribution in [2.24, 2.45) is 17.3 Å². The van der Waals surface area contributed by atoms with Gasteiger partial charge in [0.15, 0.2) is 0 Å². The van der Waals surface area contributed by atoms with Crippen LogP contribution < -0.4 is 21.3 Å². The van der Waals surface area contributed by atoms with Gasteiger partial charge in [0, 0.05) is 12.0 Å². The van der Waals surface area contributed by atoms with E-state index in [0.717, 1.165) is 22.3 Å². The molecule has 0 radical (unpaired) electrons. The third kappa shape index (κ3) is 14.3. The molecule has 4 aromatic carbocycles. The smallest absolute Gasteiger partial charge is 0.408 e. The maximum Gasteiger partial charge on any atom is 0.408 e. The molecule has 0 spiro atoms. The lowest BCUT2D eigenvalue weighted by Gasteiger charge is -2.38. The van der Waals surface area contributed by atoms with Crippen LogP contribution in [0.2, 0.25) is 0 Å². The van der Waals surface area contributed by atoms with Crippen molar-refractivity contribution in [1.29, 1.82) is 0 Å². The first-order valence-electron chi connectivity index (χ1n) is 19.7. The number of carbonyl (C=O) groups excluding carboxylic acids is 4. The van der Waals surface area contributed by atoms with Crippen molar-refractivity contribution in [3.05, 3.63) is 144 Å². The van der Waals surface area contributed by atoms with Gasteiger partial charge in [-0.15, -0.1) is 0 Å².